The van der Waals surface area contributed by atoms with Crippen LogP contribution in [0.25, 0.3) is 5.69 Å². The summed E-state index contributed by atoms with van der Waals surface area (Å²) in [5, 5.41) is 16.2. The van der Waals surface area contributed by atoms with Crippen LogP contribution in [0.1, 0.15) is 26.2 Å². The Bertz CT molecular complexity index is 485. The summed E-state index contributed by atoms with van der Waals surface area (Å²) in [6.45, 7) is 4.30. The second-order valence-electron chi connectivity index (χ2n) is 4.51. The quantitative estimate of drug-likeness (QED) is 0.568. The fourth-order valence-electron chi connectivity index (χ4n) is 1.84. The number of rotatable bonds is 9. The zero-order chi connectivity index (χ0) is 14.0. The molecule has 108 valence electrons. The predicted octanol–water partition coefficient (Wildman–Crippen LogP) is 2.53. The van der Waals surface area contributed by atoms with Gasteiger partial charge in [0.1, 0.15) is 0 Å². The van der Waals surface area contributed by atoms with Crippen LogP contribution in [0.4, 0.5) is 0 Å². The predicted molar refractivity (Wildman–Crippen MR) is 82.3 cm³/mol. The van der Waals surface area contributed by atoms with E-state index in [2.05, 4.69) is 27.8 Å². The highest BCUT2D eigenvalue weighted by Crippen LogP contribution is 2.17. The van der Waals surface area contributed by atoms with Gasteiger partial charge >= 0.3 is 0 Å². The lowest BCUT2D eigenvalue weighted by atomic mass is 10.2. The molecule has 2 aromatic rings. The summed E-state index contributed by atoms with van der Waals surface area (Å²) in [5.41, 5.74) is 0.996. The van der Waals surface area contributed by atoms with Crippen molar-refractivity contribution in [1.29, 1.82) is 0 Å². The highest BCUT2D eigenvalue weighted by molar-refractivity contribution is 7.99. The van der Waals surface area contributed by atoms with Crippen molar-refractivity contribution in [3.63, 3.8) is 0 Å². The third kappa shape index (κ3) is 4.61. The van der Waals surface area contributed by atoms with Gasteiger partial charge in [0.25, 0.3) is 0 Å². The number of hydrogen-bond donors (Lipinski definition) is 1. The zero-order valence-corrected chi connectivity index (χ0v) is 12.6. The van der Waals surface area contributed by atoms with Gasteiger partial charge in [-0.05, 0) is 35.5 Å². The molecule has 0 unspecified atom stereocenters. The first-order valence-corrected chi connectivity index (χ1v) is 8.07. The number of unbranched alkanes of at least 4 members (excludes halogenated alkanes) is 2. The Balaban J connectivity index is 1.76. The Hall–Kier alpha value is -1.40. The van der Waals surface area contributed by atoms with Crippen molar-refractivity contribution in [2.24, 2.45) is 0 Å². The van der Waals surface area contributed by atoms with Crippen molar-refractivity contribution in [2.45, 2.75) is 31.3 Å². The van der Waals surface area contributed by atoms with E-state index in [-0.39, 0.29) is 0 Å². The molecule has 2 rings (SSSR count). The highest BCUT2D eigenvalue weighted by atomic mass is 32.2. The molecule has 0 radical (unpaired) electrons. The first kappa shape index (κ1) is 15.0. The molecule has 20 heavy (non-hydrogen) atoms. The molecule has 0 atom stereocenters. The molecule has 0 amide bonds. The summed E-state index contributed by atoms with van der Waals surface area (Å²) >= 11 is 1.68. The number of nitrogens with zero attached hydrogens (tertiary/aromatic N) is 4. The van der Waals surface area contributed by atoms with Crippen LogP contribution < -0.4 is 5.32 Å². The van der Waals surface area contributed by atoms with Crippen molar-refractivity contribution in [3.8, 4) is 5.69 Å². The van der Waals surface area contributed by atoms with Gasteiger partial charge in [-0.1, -0.05) is 49.7 Å². The normalized spacial score (nSPS) is 10.8. The lowest BCUT2D eigenvalue weighted by Gasteiger charge is -2.05. The number of aromatic nitrogens is 4. The van der Waals surface area contributed by atoms with Crippen LogP contribution in [-0.4, -0.2) is 39.0 Å². The van der Waals surface area contributed by atoms with Crippen molar-refractivity contribution < 1.29 is 0 Å². The maximum absolute atomic E-state index is 4.08. The van der Waals surface area contributed by atoms with E-state index in [1.165, 1.54) is 19.3 Å². The van der Waals surface area contributed by atoms with Gasteiger partial charge in [-0.15, -0.1) is 5.10 Å². The molecular formula is C14H21N5S. The highest BCUT2D eigenvalue weighted by Gasteiger charge is 2.07. The summed E-state index contributed by atoms with van der Waals surface area (Å²) in [5.74, 6) is 0.972. The molecule has 1 aromatic heterocycles. The lowest BCUT2D eigenvalue weighted by molar-refractivity contribution is 0.635. The molecule has 0 saturated carbocycles. The molecule has 6 heteroatoms. The maximum Gasteiger partial charge on any atom is 0.214 e. The SMILES string of the molecule is CCCCCNCCSc1nnnn1-c1ccccc1. The largest absolute Gasteiger partial charge is 0.316 e. The Kier molecular flexibility index (Phi) is 6.53. The van der Waals surface area contributed by atoms with E-state index in [0.717, 1.165) is 29.7 Å². The summed E-state index contributed by atoms with van der Waals surface area (Å²) in [4.78, 5) is 0. The molecule has 0 aliphatic heterocycles. The molecular weight excluding hydrogens is 270 g/mol. The van der Waals surface area contributed by atoms with Crippen LogP contribution in [0.3, 0.4) is 0 Å². The van der Waals surface area contributed by atoms with Gasteiger partial charge in [-0.3, -0.25) is 0 Å². The molecule has 0 fully saturated rings. The average Bonchev–Trinajstić information content (AvgIpc) is 2.96. The molecule has 0 aliphatic rings. The van der Waals surface area contributed by atoms with Gasteiger partial charge in [-0.2, -0.15) is 4.68 Å². The van der Waals surface area contributed by atoms with Crippen molar-refractivity contribution >= 4 is 11.8 Å². The fourth-order valence-corrected chi connectivity index (χ4v) is 2.63. The molecule has 1 N–H and O–H groups in total. The molecule has 0 bridgehead atoms. The van der Waals surface area contributed by atoms with E-state index in [0.29, 0.717) is 0 Å². The topological polar surface area (TPSA) is 55.6 Å². The molecule has 1 aromatic carbocycles. The van der Waals surface area contributed by atoms with E-state index in [9.17, 15) is 0 Å². The zero-order valence-electron chi connectivity index (χ0n) is 11.8. The second kappa shape index (κ2) is 8.71. The molecule has 1 heterocycles. The van der Waals surface area contributed by atoms with Crippen LogP contribution in [0.2, 0.25) is 0 Å². The van der Waals surface area contributed by atoms with Crippen molar-refractivity contribution in [3.05, 3.63) is 30.3 Å². The Morgan fingerprint density at radius 2 is 2.00 bits per heavy atom. The number of tetrazole rings is 1. The van der Waals surface area contributed by atoms with E-state index < -0.39 is 0 Å². The van der Waals surface area contributed by atoms with Crippen LogP contribution >= 0.6 is 11.8 Å². The van der Waals surface area contributed by atoms with E-state index >= 15 is 0 Å². The fraction of sp³-hybridized carbons (Fsp3) is 0.500. The summed E-state index contributed by atoms with van der Waals surface area (Å²) < 4.78 is 1.78. The minimum Gasteiger partial charge on any atom is -0.316 e. The first-order valence-electron chi connectivity index (χ1n) is 7.09. The molecule has 5 nitrogen and oxygen atoms in total. The lowest BCUT2D eigenvalue weighted by Crippen LogP contribution is -2.18. The minimum atomic E-state index is 0.839. The van der Waals surface area contributed by atoms with Crippen LogP contribution in [0, 0.1) is 0 Å². The van der Waals surface area contributed by atoms with Gasteiger partial charge in [0.15, 0.2) is 0 Å². The Morgan fingerprint density at radius 1 is 1.15 bits per heavy atom. The maximum atomic E-state index is 4.08. The summed E-state index contributed by atoms with van der Waals surface area (Å²) in [6.07, 6.45) is 3.82. The van der Waals surface area contributed by atoms with Gasteiger partial charge in [0, 0.05) is 12.3 Å². The van der Waals surface area contributed by atoms with Crippen LogP contribution in [0.15, 0.2) is 35.5 Å². The monoisotopic (exact) mass is 291 g/mol. The molecule has 0 saturated heterocycles. The standard InChI is InChI=1S/C14H21N5S/c1-2-3-7-10-15-11-12-20-14-16-17-18-19(14)13-8-5-4-6-9-13/h4-6,8-9,15H,2-3,7,10-12H2,1H3. The average molecular weight is 291 g/mol. The number of thioether (sulfide) groups is 1. The molecule has 0 spiro atoms. The summed E-state index contributed by atoms with van der Waals surface area (Å²) in [6, 6.07) is 9.97. The first-order chi connectivity index (χ1) is 9.92. The van der Waals surface area contributed by atoms with Crippen LogP contribution in [-0.2, 0) is 0 Å². The molecule has 0 aliphatic carbocycles. The number of benzene rings is 1. The van der Waals surface area contributed by atoms with Crippen molar-refractivity contribution in [2.75, 3.05) is 18.8 Å². The van der Waals surface area contributed by atoms with Gasteiger partial charge in [-0.25, -0.2) is 0 Å². The van der Waals surface area contributed by atoms with Gasteiger partial charge in [0.05, 0.1) is 5.69 Å². The smallest absolute Gasteiger partial charge is 0.214 e. The summed E-state index contributed by atoms with van der Waals surface area (Å²) in [7, 11) is 0. The minimum absolute atomic E-state index is 0.839. The second-order valence-corrected chi connectivity index (χ2v) is 5.58. The van der Waals surface area contributed by atoms with Gasteiger partial charge < -0.3 is 5.32 Å². The third-order valence-electron chi connectivity index (χ3n) is 2.91. The Morgan fingerprint density at radius 3 is 2.80 bits per heavy atom. The van der Waals surface area contributed by atoms with Crippen LogP contribution in [0.5, 0.6) is 0 Å². The van der Waals surface area contributed by atoms with E-state index in [1.54, 1.807) is 16.4 Å². The van der Waals surface area contributed by atoms with Gasteiger partial charge in [0.2, 0.25) is 5.16 Å². The van der Waals surface area contributed by atoms with E-state index in [1.807, 2.05) is 30.3 Å². The number of hydrogen-bond acceptors (Lipinski definition) is 5. The third-order valence-corrected chi connectivity index (χ3v) is 3.83. The number of para-hydroxylation sites is 1. The number of nitrogens with one attached hydrogen (secondary N) is 1. The van der Waals surface area contributed by atoms with Crippen molar-refractivity contribution in [1.82, 2.24) is 25.5 Å². The Labute approximate surface area is 124 Å². The van der Waals surface area contributed by atoms with E-state index in [4.69, 9.17) is 0 Å².